The highest BCUT2D eigenvalue weighted by Crippen LogP contribution is 2.01. The van der Waals surface area contributed by atoms with Crippen molar-refractivity contribution in [1.82, 2.24) is 20.1 Å². The van der Waals surface area contributed by atoms with Crippen molar-refractivity contribution in [1.29, 1.82) is 0 Å². The molecular weight excluding hydrogens is 200 g/mol. The molecule has 0 aliphatic carbocycles. The van der Waals surface area contributed by atoms with Gasteiger partial charge in [0.05, 0.1) is 0 Å². The summed E-state index contributed by atoms with van der Waals surface area (Å²) in [6.45, 7) is 8.56. The predicted molar refractivity (Wildman–Crippen MR) is 66.4 cm³/mol. The summed E-state index contributed by atoms with van der Waals surface area (Å²) in [7, 11) is 0. The summed E-state index contributed by atoms with van der Waals surface area (Å²) in [5.74, 6) is 1.07. The number of aromatic nitrogens is 3. The topological polar surface area (TPSA) is 42.7 Å². The molecule has 0 amide bonds. The van der Waals surface area contributed by atoms with Gasteiger partial charge in [-0.05, 0) is 12.8 Å². The van der Waals surface area contributed by atoms with Crippen LogP contribution >= 0.6 is 0 Å². The molecule has 16 heavy (non-hydrogen) atoms. The first-order chi connectivity index (χ1) is 7.81. The lowest BCUT2D eigenvalue weighted by Gasteiger charge is -2.16. The minimum Gasteiger partial charge on any atom is -0.316 e. The van der Waals surface area contributed by atoms with Gasteiger partial charge < -0.3 is 9.88 Å². The predicted octanol–water partition coefficient (Wildman–Crippen LogP) is 2.01. The molecule has 1 unspecified atom stereocenters. The summed E-state index contributed by atoms with van der Waals surface area (Å²) in [6, 6.07) is 0.659. The monoisotopic (exact) mass is 224 g/mol. The molecule has 1 aromatic heterocycles. The van der Waals surface area contributed by atoms with E-state index >= 15 is 0 Å². The van der Waals surface area contributed by atoms with Gasteiger partial charge in [0.15, 0.2) is 0 Å². The van der Waals surface area contributed by atoms with Gasteiger partial charge in [-0.25, -0.2) is 0 Å². The number of hydrogen-bond donors (Lipinski definition) is 1. The maximum absolute atomic E-state index is 4.07. The molecule has 0 saturated heterocycles. The maximum atomic E-state index is 4.07. The van der Waals surface area contributed by atoms with Crippen molar-refractivity contribution in [3.05, 3.63) is 12.2 Å². The summed E-state index contributed by atoms with van der Waals surface area (Å²) in [4.78, 5) is 0. The molecule has 92 valence electrons. The van der Waals surface area contributed by atoms with Gasteiger partial charge in [0.2, 0.25) is 0 Å². The lowest BCUT2D eigenvalue weighted by atomic mass is 10.1. The van der Waals surface area contributed by atoms with E-state index in [4.69, 9.17) is 0 Å². The molecule has 4 heteroatoms. The first-order valence-electron chi connectivity index (χ1n) is 6.41. The fraction of sp³-hybridized carbons (Fsp3) is 0.833. The molecule has 0 aliphatic heterocycles. The molecule has 1 N–H and O–H groups in total. The molecule has 0 fully saturated rings. The molecular formula is C12H24N4. The first-order valence-corrected chi connectivity index (χ1v) is 6.41. The second kappa shape index (κ2) is 7.39. The van der Waals surface area contributed by atoms with Crippen molar-refractivity contribution in [2.45, 2.75) is 59.0 Å². The number of aryl methyl sites for hydroxylation is 1. The second-order valence-corrected chi connectivity index (χ2v) is 4.14. The number of rotatable bonds is 8. The molecule has 0 saturated carbocycles. The van der Waals surface area contributed by atoms with E-state index in [0.29, 0.717) is 6.04 Å². The lowest BCUT2D eigenvalue weighted by molar-refractivity contribution is 0.445. The molecule has 0 bridgehead atoms. The van der Waals surface area contributed by atoms with Gasteiger partial charge >= 0.3 is 0 Å². The summed E-state index contributed by atoms with van der Waals surface area (Å²) < 4.78 is 2.13. The van der Waals surface area contributed by atoms with E-state index in [1.807, 2.05) is 6.33 Å². The Morgan fingerprint density at radius 1 is 1.38 bits per heavy atom. The largest absolute Gasteiger partial charge is 0.316 e. The van der Waals surface area contributed by atoms with Crippen LogP contribution in [0.5, 0.6) is 0 Å². The van der Waals surface area contributed by atoms with Crippen LogP contribution in [-0.2, 0) is 13.0 Å². The van der Waals surface area contributed by atoms with Crippen LogP contribution in [0.3, 0.4) is 0 Å². The van der Waals surface area contributed by atoms with E-state index < -0.39 is 0 Å². The molecule has 0 spiro atoms. The highest BCUT2D eigenvalue weighted by molar-refractivity contribution is 4.84. The molecule has 0 aromatic carbocycles. The number of hydrogen-bond acceptors (Lipinski definition) is 3. The average Bonchev–Trinajstić information content (AvgIpc) is 2.75. The van der Waals surface area contributed by atoms with Gasteiger partial charge in [-0.15, -0.1) is 10.2 Å². The fourth-order valence-corrected chi connectivity index (χ4v) is 1.93. The zero-order chi connectivity index (χ0) is 11.8. The lowest BCUT2D eigenvalue weighted by Crippen LogP contribution is -2.31. The minimum absolute atomic E-state index is 0.659. The number of nitrogens with zero attached hydrogens (tertiary/aromatic N) is 3. The Bertz CT molecular complexity index is 282. The quantitative estimate of drug-likeness (QED) is 0.734. The van der Waals surface area contributed by atoms with Crippen molar-refractivity contribution in [3.63, 3.8) is 0 Å². The molecule has 4 nitrogen and oxygen atoms in total. The zero-order valence-corrected chi connectivity index (χ0v) is 10.7. The summed E-state index contributed by atoms with van der Waals surface area (Å²) in [6.07, 6.45) is 6.49. The Morgan fingerprint density at radius 2 is 2.19 bits per heavy atom. The van der Waals surface area contributed by atoms with Crippen LogP contribution in [0.2, 0.25) is 0 Å². The van der Waals surface area contributed by atoms with Crippen molar-refractivity contribution in [2.75, 3.05) is 6.54 Å². The van der Waals surface area contributed by atoms with Crippen LogP contribution in [0, 0.1) is 0 Å². The Hall–Kier alpha value is -0.900. The standard InChI is InChI=1S/C12H24N4/c1-4-7-11(5-2)13-8-9-16-10-14-15-12(16)6-3/h10-11,13H,4-9H2,1-3H3. The minimum atomic E-state index is 0.659. The Kier molecular flexibility index (Phi) is 6.08. The average molecular weight is 224 g/mol. The smallest absolute Gasteiger partial charge is 0.132 e. The molecule has 1 rings (SSSR count). The maximum Gasteiger partial charge on any atom is 0.132 e. The SMILES string of the molecule is CCCC(CC)NCCn1cnnc1CC. The van der Waals surface area contributed by atoms with E-state index in [0.717, 1.165) is 25.3 Å². The van der Waals surface area contributed by atoms with Crippen LogP contribution < -0.4 is 5.32 Å². The molecule has 1 aromatic rings. The van der Waals surface area contributed by atoms with Crippen LogP contribution in [0.4, 0.5) is 0 Å². The molecule has 0 aliphatic rings. The van der Waals surface area contributed by atoms with Gasteiger partial charge in [0.25, 0.3) is 0 Å². The van der Waals surface area contributed by atoms with Crippen LogP contribution in [0.1, 0.15) is 45.9 Å². The summed E-state index contributed by atoms with van der Waals surface area (Å²) in [5, 5.41) is 11.6. The van der Waals surface area contributed by atoms with Crippen molar-refractivity contribution >= 4 is 0 Å². The highest BCUT2D eigenvalue weighted by Gasteiger charge is 2.05. The van der Waals surface area contributed by atoms with Gasteiger partial charge in [-0.1, -0.05) is 27.2 Å². The Labute approximate surface area is 98.5 Å². The second-order valence-electron chi connectivity index (χ2n) is 4.14. The normalized spacial score (nSPS) is 12.9. The van der Waals surface area contributed by atoms with Crippen molar-refractivity contribution in [3.8, 4) is 0 Å². The van der Waals surface area contributed by atoms with Crippen molar-refractivity contribution in [2.24, 2.45) is 0 Å². The van der Waals surface area contributed by atoms with E-state index in [-0.39, 0.29) is 0 Å². The van der Waals surface area contributed by atoms with Gasteiger partial charge in [0.1, 0.15) is 12.2 Å². The Morgan fingerprint density at radius 3 is 2.81 bits per heavy atom. The molecule has 1 atom stereocenters. The summed E-state index contributed by atoms with van der Waals surface area (Å²) in [5.41, 5.74) is 0. The van der Waals surface area contributed by atoms with Gasteiger partial charge in [-0.2, -0.15) is 0 Å². The fourth-order valence-electron chi connectivity index (χ4n) is 1.93. The zero-order valence-electron chi connectivity index (χ0n) is 10.7. The first kappa shape index (κ1) is 13.2. The Balaban J connectivity index is 2.29. The third kappa shape index (κ3) is 3.93. The highest BCUT2D eigenvalue weighted by atomic mass is 15.3. The third-order valence-electron chi connectivity index (χ3n) is 2.93. The molecule has 0 radical (unpaired) electrons. The molecule has 1 heterocycles. The summed E-state index contributed by atoms with van der Waals surface area (Å²) >= 11 is 0. The van der Waals surface area contributed by atoms with Crippen molar-refractivity contribution < 1.29 is 0 Å². The van der Waals surface area contributed by atoms with Crippen LogP contribution in [0.25, 0.3) is 0 Å². The third-order valence-corrected chi connectivity index (χ3v) is 2.93. The van der Waals surface area contributed by atoms with E-state index in [9.17, 15) is 0 Å². The number of nitrogens with one attached hydrogen (secondary N) is 1. The van der Waals surface area contributed by atoms with Crippen LogP contribution in [-0.4, -0.2) is 27.4 Å². The van der Waals surface area contributed by atoms with E-state index in [1.54, 1.807) is 0 Å². The van der Waals surface area contributed by atoms with E-state index in [1.165, 1.54) is 19.3 Å². The van der Waals surface area contributed by atoms with Gasteiger partial charge in [0, 0.05) is 25.6 Å². The van der Waals surface area contributed by atoms with E-state index in [2.05, 4.69) is 40.9 Å². The van der Waals surface area contributed by atoms with Gasteiger partial charge in [-0.3, -0.25) is 0 Å². The van der Waals surface area contributed by atoms with Crippen LogP contribution in [0.15, 0.2) is 6.33 Å².